The Morgan fingerprint density at radius 1 is 0.939 bits per heavy atom. The molecule has 0 saturated heterocycles. The number of benzene rings is 2. The van der Waals surface area contributed by atoms with Crippen LogP contribution in [-0.4, -0.2) is 42.8 Å². The van der Waals surface area contributed by atoms with Gasteiger partial charge in [0.1, 0.15) is 12.6 Å². The lowest BCUT2D eigenvalue weighted by Crippen LogP contribution is -2.49. The van der Waals surface area contributed by atoms with E-state index in [0.29, 0.717) is 19.3 Å². The third-order valence-electron chi connectivity index (χ3n) is 5.37. The number of aryl methyl sites for hydroxylation is 1. The topological polar surface area (TPSA) is 102 Å². The van der Waals surface area contributed by atoms with Crippen LogP contribution < -0.4 is 10.6 Å². The lowest BCUT2D eigenvalue weighted by Gasteiger charge is -2.17. The van der Waals surface area contributed by atoms with Crippen LogP contribution in [0.1, 0.15) is 57.9 Å². The number of Topliss-reactive ketones (excluding diaryl/α,β-unsaturated/α-hetero) is 1. The van der Waals surface area contributed by atoms with Gasteiger partial charge in [0.25, 0.3) is 5.91 Å². The number of carbonyl (C=O) groups is 4. The van der Waals surface area contributed by atoms with Crippen LogP contribution in [0.4, 0.5) is 0 Å². The van der Waals surface area contributed by atoms with Crippen LogP contribution in [0.3, 0.4) is 0 Å². The Morgan fingerprint density at radius 2 is 1.70 bits per heavy atom. The molecule has 0 radical (unpaired) electrons. The molecule has 2 amide bonds. The Balaban J connectivity index is 1.78. The molecule has 2 aromatic carbocycles. The number of fused-ring (bicyclic) bond motifs is 1. The summed E-state index contributed by atoms with van der Waals surface area (Å²) in [6, 6.07) is 13.6. The van der Waals surface area contributed by atoms with Crippen LogP contribution >= 0.6 is 0 Å². The van der Waals surface area contributed by atoms with Crippen molar-refractivity contribution in [2.24, 2.45) is 0 Å². The van der Waals surface area contributed by atoms with E-state index in [-0.39, 0.29) is 19.6 Å². The van der Waals surface area contributed by atoms with Crippen molar-refractivity contribution in [3.05, 3.63) is 48.0 Å². The molecule has 0 aliphatic heterocycles. The van der Waals surface area contributed by atoms with Crippen LogP contribution in [0.2, 0.25) is 0 Å². The van der Waals surface area contributed by atoms with E-state index in [1.54, 1.807) is 6.92 Å². The normalized spacial score (nSPS) is 11.6. The van der Waals surface area contributed by atoms with Gasteiger partial charge in [-0.1, -0.05) is 62.2 Å². The zero-order valence-corrected chi connectivity index (χ0v) is 19.5. The number of rotatable bonds is 14. The minimum Gasteiger partial charge on any atom is -0.465 e. The molecule has 2 aromatic rings. The SMILES string of the molecule is CCCC[C@H](NC(=O)C(=O)CCCCc1ccc2ccccc2c1)C(=O)NCC(=O)OCC. The number of hydrogen-bond acceptors (Lipinski definition) is 5. The number of esters is 1. The third kappa shape index (κ3) is 9.04. The fourth-order valence-electron chi connectivity index (χ4n) is 3.53. The molecule has 2 rings (SSSR count). The highest BCUT2D eigenvalue weighted by molar-refractivity contribution is 6.36. The van der Waals surface area contributed by atoms with Crippen LogP contribution in [0.25, 0.3) is 10.8 Å². The molecule has 178 valence electrons. The van der Waals surface area contributed by atoms with Crippen molar-refractivity contribution < 1.29 is 23.9 Å². The molecular weight excluding hydrogens is 420 g/mol. The Bertz CT molecular complexity index is 957. The van der Waals surface area contributed by atoms with Crippen LogP contribution in [-0.2, 0) is 30.3 Å². The van der Waals surface area contributed by atoms with E-state index in [2.05, 4.69) is 41.0 Å². The highest BCUT2D eigenvalue weighted by atomic mass is 16.5. The summed E-state index contributed by atoms with van der Waals surface area (Å²) < 4.78 is 4.79. The van der Waals surface area contributed by atoms with E-state index in [9.17, 15) is 19.2 Å². The number of hydrogen-bond donors (Lipinski definition) is 2. The molecule has 0 heterocycles. The van der Waals surface area contributed by atoms with Gasteiger partial charge in [0, 0.05) is 6.42 Å². The summed E-state index contributed by atoms with van der Waals surface area (Å²) in [7, 11) is 0. The first kappa shape index (κ1) is 26.0. The average molecular weight is 455 g/mol. The maximum Gasteiger partial charge on any atom is 0.325 e. The number of carbonyl (C=O) groups excluding carboxylic acids is 4. The molecule has 0 saturated carbocycles. The summed E-state index contributed by atoms with van der Waals surface area (Å²) in [5.41, 5.74) is 1.20. The molecule has 0 aliphatic carbocycles. The molecule has 0 aliphatic rings. The van der Waals surface area contributed by atoms with Gasteiger partial charge in [-0.05, 0) is 48.9 Å². The minimum atomic E-state index is -0.853. The van der Waals surface area contributed by atoms with E-state index in [4.69, 9.17) is 4.74 Å². The molecule has 2 N–H and O–H groups in total. The quantitative estimate of drug-likeness (QED) is 0.259. The molecule has 0 unspecified atom stereocenters. The second-order valence-electron chi connectivity index (χ2n) is 8.00. The van der Waals surface area contributed by atoms with Crippen molar-refractivity contribution >= 4 is 34.3 Å². The summed E-state index contributed by atoms with van der Waals surface area (Å²) in [6.07, 6.45) is 4.27. The molecule has 33 heavy (non-hydrogen) atoms. The van der Waals surface area contributed by atoms with Crippen molar-refractivity contribution in [1.82, 2.24) is 10.6 Å². The fraction of sp³-hybridized carbons (Fsp3) is 0.462. The van der Waals surface area contributed by atoms with Gasteiger partial charge in [-0.2, -0.15) is 0 Å². The minimum absolute atomic E-state index is 0.129. The maximum absolute atomic E-state index is 12.4. The highest BCUT2D eigenvalue weighted by Gasteiger charge is 2.24. The lowest BCUT2D eigenvalue weighted by atomic mass is 10.0. The molecule has 7 nitrogen and oxygen atoms in total. The van der Waals surface area contributed by atoms with Gasteiger partial charge in [0.15, 0.2) is 0 Å². The molecule has 0 bridgehead atoms. The predicted molar refractivity (Wildman–Crippen MR) is 128 cm³/mol. The van der Waals surface area contributed by atoms with Gasteiger partial charge < -0.3 is 15.4 Å². The third-order valence-corrected chi connectivity index (χ3v) is 5.37. The summed E-state index contributed by atoms with van der Waals surface area (Å²) in [4.78, 5) is 48.5. The summed E-state index contributed by atoms with van der Waals surface area (Å²) in [5.74, 6) is -2.33. The number of unbranched alkanes of at least 4 members (excludes halogenated alkanes) is 2. The van der Waals surface area contributed by atoms with E-state index < -0.39 is 29.6 Å². The van der Waals surface area contributed by atoms with Gasteiger partial charge in [-0.3, -0.25) is 19.2 Å². The van der Waals surface area contributed by atoms with Crippen LogP contribution in [0.15, 0.2) is 42.5 Å². The summed E-state index contributed by atoms with van der Waals surface area (Å²) in [5, 5.41) is 7.37. The van der Waals surface area contributed by atoms with Crippen LogP contribution in [0.5, 0.6) is 0 Å². The van der Waals surface area contributed by atoms with Crippen molar-refractivity contribution in [3.63, 3.8) is 0 Å². The van der Waals surface area contributed by atoms with Gasteiger partial charge in [0.05, 0.1) is 6.61 Å². The Kier molecular flexibility index (Phi) is 11.1. The number of ketones is 1. The summed E-state index contributed by atoms with van der Waals surface area (Å²) >= 11 is 0. The molecule has 0 spiro atoms. The maximum atomic E-state index is 12.4. The number of nitrogens with one attached hydrogen (secondary N) is 2. The molecule has 1 atom stereocenters. The zero-order valence-electron chi connectivity index (χ0n) is 19.5. The fourth-order valence-corrected chi connectivity index (χ4v) is 3.53. The van der Waals surface area contributed by atoms with Crippen LogP contribution in [0, 0.1) is 0 Å². The van der Waals surface area contributed by atoms with Gasteiger partial charge in [0.2, 0.25) is 11.7 Å². The highest BCUT2D eigenvalue weighted by Crippen LogP contribution is 2.17. The average Bonchev–Trinajstić information content (AvgIpc) is 2.82. The lowest BCUT2D eigenvalue weighted by molar-refractivity contribution is -0.144. The Hall–Kier alpha value is -3.22. The summed E-state index contributed by atoms with van der Waals surface area (Å²) in [6.45, 7) is 3.60. The first-order chi connectivity index (χ1) is 15.9. The van der Waals surface area contributed by atoms with Crippen molar-refractivity contribution in [2.45, 2.75) is 64.8 Å². The monoisotopic (exact) mass is 454 g/mol. The number of amides is 2. The molecule has 0 fully saturated rings. The second-order valence-corrected chi connectivity index (χ2v) is 8.00. The largest absolute Gasteiger partial charge is 0.465 e. The van der Waals surface area contributed by atoms with Gasteiger partial charge in [-0.25, -0.2) is 0 Å². The Morgan fingerprint density at radius 3 is 2.42 bits per heavy atom. The zero-order chi connectivity index (χ0) is 24.1. The molecule has 0 aromatic heterocycles. The molecule has 7 heteroatoms. The van der Waals surface area contributed by atoms with E-state index in [0.717, 1.165) is 19.3 Å². The van der Waals surface area contributed by atoms with Gasteiger partial charge >= 0.3 is 5.97 Å². The smallest absolute Gasteiger partial charge is 0.325 e. The van der Waals surface area contributed by atoms with E-state index >= 15 is 0 Å². The van der Waals surface area contributed by atoms with Gasteiger partial charge in [-0.15, -0.1) is 0 Å². The number of ether oxygens (including phenoxy) is 1. The molecular formula is C26H34N2O5. The predicted octanol–water partition coefficient (Wildman–Crippen LogP) is 3.48. The van der Waals surface area contributed by atoms with E-state index in [1.165, 1.54) is 16.3 Å². The Labute approximate surface area is 195 Å². The van der Waals surface area contributed by atoms with E-state index in [1.807, 2.05) is 19.1 Å². The first-order valence-corrected chi connectivity index (χ1v) is 11.7. The van der Waals surface area contributed by atoms with Crippen molar-refractivity contribution in [3.8, 4) is 0 Å². The standard InChI is InChI=1S/C26H34N2O5/c1-3-5-13-22(25(31)27-18-24(30)33-4-2)28-26(32)23(29)14-9-6-10-19-15-16-20-11-7-8-12-21(20)17-19/h7-8,11-12,15-17,22H,3-6,9-10,13-14,18H2,1-2H3,(H,27,31)(H,28,32)/t22-/m0/s1. The van der Waals surface area contributed by atoms with Crippen molar-refractivity contribution in [2.75, 3.05) is 13.2 Å². The second kappa shape index (κ2) is 14.0. The van der Waals surface area contributed by atoms with Crippen molar-refractivity contribution in [1.29, 1.82) is 0 Å². The first-order valence-electron chi connectivity index (χ1n) is 11.7.